The topological polar surface area (TPSA) is 66.7 Å². The fourth-order valence-corrected chi connectivity index (χ4v) is 5.14. The normalized spacial score (nSPS) is 16.6. The molecule has 3 N–H and O–H groups in total. The highest BCUT2D eigenvalue weighted by Gasteiger charge is 2.23. The third-order valence-electron chi connectivity index (χ3n) is 5.77. The summed E-state index contributed by atoms with van der Waals surface area (Å²) in [6, 6.07) is 10.9. The van der Waals surface area contributed by atoms with E-state index in [1.807, 2.05) is 19.3 Å². The smallest absolute Gasteiger partial charge is 0.167 e. The number of rotatable bonds is 5. The molecule has 4 heterocycles. The molecule has 0 atom stereocenters. The molecule has 0 bridgehead atoms. The Hall–Kier alpha value is -2.94. The maximum absolute atomic E-state index is 14.3. The molecule has 0 spiro atoms. The molecule has 3 aromatic rings. The molecule has 0 amide bonds. The van der Waals surface area contributed by atoms with Gasteiger partial charge < -0.3 is 20.7 Å². The van der Waals surface area contributed by atoms with Gasteiger partial charge in [0.1, 0.15) is 5.76 Å². The van der Waals surface area contributed by atoms with Crippen molar-refractivity contribution in [1.29, 1.82) is 0 Å². The van der Waals surface area contributed by atoms with Gasteiger partial charge in [-0.3, -0.25) is 9.88 Å². The zero-order valence-corrected chi connectivity index (χ0v) is 18.8. The van der Waals surface area contributed by atoms with Crippen LogP contribution in [0.15, 0.2) is 48.7 Å². The summed E-state index contributed by atoms with van der Waals surface area (Å²) in [7, 11) is 2.04. The molecule has 8 heteroatoms. The Morgan fingerprint density at radius 2 is 2.03 bits per heavy atom. The van der Waals surface area contributed by atoms with Gasteiger partial charge >= 0.3 is 0 Å². The number of piperazine rings is 1. The number of nitrogens with zero attached hydrogens (tertiary/aromatic N) is 3. The molecule has 1 fully saturated rings. The molecule has 166 valence electrons. The Balaban J connectivity index is 1.37. The summed E-state index contributed by atoms with van der Waals surface area (Å²) < 4.78 is 20.2. The fourth-order valence-electron chi connectivity index (χ4n) is 3.98. The van der Waals surface area contributed by atoms with E-state index in [2.05, 4.69) is 33.3 Å². The van der Waals surface area contributed by atoms with Gasteiger partial charge in [0.15, 0.2) is 11.6 Å². The van der Waals surface area contributed by atoms with E-state index < -0.39 is 5.82 Å². The molecule has 2 aromatic heterocycles. The minimum Gasteiger partial charge on any atom is -0.453 e. The molecule has 0 aliphatic carbocycles. The quantitative estimate of drug-likeness (QED) is 0.575. The average molecular weight is 452 g/mol. The van der Waals surface area contributed by atoms with Crippen molar-refractivity contribution >= 4 is 28.5 Å². The highest BCUT2D eigenvalue weighted by atomic mass is 32.1. The van der Waals surface area contributed by atoms with E-state index >= 15 is 0 Å². The fraction of sp³-hybridized carbons (Fsp3) is 0.292. The summed E-state index contributed by atoms with van der Waals surface area (Å²) >= 11 is 1.61. The molecular formula is C24H26FN5OS. The summed E-state index contributed by atoms with van der Waals surface area (Å²) in [5.41, 5.74) is 9.24. The number of benzene rings is 1. The Labute approximate surface area is 191 Å². The number of aromatic nitrogens is 1. The van der Waals surface area contributed by atoms with Crippen molar-refractivity contribution < 1.29 is 9.13 Å². The van der Waals surface area contributed by atoms with Crippen LogP contribution in [0.25, 0.3) is 16.3 Å². The van der Waals surface area contributed by atoms with E-state index in [1.165, 1.54) is 11.6 Å². The third kappa shape index (κ3) is 4.34. The summed E-state index contributed by atoms with van der Waals surface area (Å²) in [5, 5.41) is 3.38. The van der Waals surface area contributed by atoms with Crippen LogP contribution in [0.5, 0.6) is 5.75 Å². The molecule has 5 rings (SSSR count). The number of pyridine rings is 1. The van der Waals surface area contributed by atoms with Crippen molar-refractivity contribution in [3.63, 3.8) is 0 Å². The molecule has 0 saturated carbocycles. The van der Waals surface area contributed by atoms with Crippen LogP contribution in [0, 0.1) is 5.82 Å². The predicted molar refractivity (Wildman–Crippen MR) is 128 cm³/mol. The molecule has 32 heavy (non-hydrogen) atoms. The minimum atomic E-state index is -0.468. The van der Waals surface area contributed by atoms with Gasteiger partial charge in [-0.25, -0.2) is 4.39 Å². The first-order valence-corrected chi connectivity index (χ1v) is 11.6. The number of likely N-dealkylation sites (N-methyl/N-ethyl adjacent to an activating group) is 1. The molecule has 0 radical (unpaired) electrons. The number of nitrogen functional groups attached to an aromatic ring is 1. The van der Waals surface area contributed by atoms with Crippen LogP contribution in [-0.2, 0) is 6.54 Å². The van der Waals surface area contributed by atoms with Gasteiger partial charge in [-0.05, 0) is 35.9 Å². The Bertz CT molecular complexity index is 1140. The first-order chi connectivity index (χ1) is 15.6. The molecule has 1 saturated heterocycles. The zero-order valence-electron chi connectivity index (χ0n) is 18.0. The number of halogens is 1. The molecular weight excluding hydrogens is 425 g/mol. The molecule has 2 aliphatic heterocycles. The van der Waals surface area contributed by atoms with Crippen LogP contribution < -0.4 is 20.7 Å². The molecule has 0 unspecified atom stereocenters. The van der Waals surface area contributed by atoms with Crippen molar-refractivity contribution in [2.75, 3.05) is 50.4 Å². The van der Waals surface area contributed by atoms with Crippen molar-refractivity contribution in [1.82, 2.24) is 15.2 Å². The predicted octanol–water partition coefficient (Wildman–Crippen LogP) is 3.81. The molecule has 1 aromatic carbocycles. The lowest BCUT2D eigenvalue weighted by Gasteiger charge is -2.27. The van der Waals surface area contributed by atoms with Gasteiger partial charge in [-0.2, -0.15) is 0 Å². The van der Waals surface area contributed by atoms with Gasteiger partial charge in [0, 0.05) is 64.3 Å². The summed E-state index contributed by atoms with van der Waals surface area (Å²) in [5.74, 6) is 0.365. The third-order valence-corrected chi connectivity index (χ3v) is 6.93. The second kappa shape index (κ2) is 8.90. The highest BCUT2D eigenvalue weighted by Crippen LogP contribution is 2.42. The Kier molecular flexibility index (Phi) is 5.82. The number of ether oxygens (including phenoxy) is 1. The number of nitrogens with one attached hydrogen (secondary N) is 1. The number of thiophene rings is 1. The van der Waals surface area contributed by atoms with Gasteiger partial charge in [-0.15, -0.1) is 11.3 Å². The maximum atomic E-state index is 14.3. The average Bonchev–Trinajstić information content (AvgIpc) is 3.25. The zero-order chi connectivity index (χ0) is 22.1. The van der Waals surface area contributed by atoms with E-state index in [4.69, 9.17) is 15.5 Å². The van der Waals surface area contributed by atoms with Crippen LogP contribution in [0.4, 0.5) is 15.8 Å². The maximum Gasteiger partial charge on any atom is 0.167 e. The van der Waals surface area contributed by atoms with Gasteiger partial charge in [0.05, 0.1) is 21.1 Å². The number of nitrogens with two attached hydrogens (primary N) is 1. The van der Waals surface area contributed by atoms with E-state index in [1.54, 1.807) is 23.5 Å². The number of hydrogen-bond acceptors (Lipinski definition) is 7. The Morgan fingerprint density at radius 1 is 1.19 bits per heavy atom. The second-order valence-electron chi connectivity index (χ2n) is 8.14. The monoisotopic (exact) mass is 451 g/mol. The van der Waals surface area contributed by atoms with Gasteiger partial charge in [0.25, 0.3) is 0 Å². The number of anilines is 2. The van der Waals surface area contributed by atoms with Crippen molar-refractivity contribution in [2.45, 2.75) is 6.54 Å². The lowest BCUT2D eigenvalue weighted by Crippen LogP contribution is -2.42. The summed E-state index contributed by atoms with van der Waals surface area (Å²) in [6.07, 6.45) is 3.94. The van der Waals surface area contributed by atoms with Gasteiger partial charge in [0.2, 0.25) is 0 Å². The lowest BCUT2D eigenvalue weighted by molar-refractivity contribution is 0.233. The lowest BCUT2D eigenvalue weighted by atomic mass is 10.2. The summed E-state index contributed by atoms with van der Waals surface area (Å²) in [4.78, 5) is 11.4. The van der Waals surface area contributed by atoms with Crippen LogP contribution in [0.3, 0.4) is 0 Å². The first kappa shape index (κ1) is 20.9. The van der Waals surface area contributed by atoms with Crippen molar-refractivity contribution in [3.8, 4) is 16.3 Å². The van der Waals surface area contributed by atoms with E-state index in [0.29, 0.717) is 18.0 Å². The van der Waals surface area contributed by atoms with Crippen LogP contribution in [0.2, 0.25) is 0 Å². The second-order valence-corrected chi connectivity index (χ2v) is 9.20. The summed E-state index contributed by atoms with van der Waals surface area (Å²) in [6.45, 7) is 5.82. The minimum absolute atomic E-state index is 0.172. The van der Waals surface area contributed by atoms with E-state index in [0.717, 1.165) is 53.9 Å². The van der Waals surface area contributed by atoms with Crippen LogP contribution in [0.1, 0.15) is 10.4 Å². The van der Waals surface area contributed by atoms with Gasteiger partial charge in [-0.1, -0.05) is 6.07 Å². The van der Waals surface area contributed by atoms with Crippen molar-refractivity contribution in [3.05, 3.63) is 64.9 Å². The highest BCUT2D eigenvalue weighted by molar-refractivity contribution is 7.17. The molecule has 6 nitrogen and oxygen atoms in total. The Morgan fingerprint density at radius 3 is 2.78 bits per heavy atom. The largest absolute Gasteiger partial charge is 0.453 e. The standard InChI is InChI=1S/C24H26FN5OS/c1-29-9-6-22(31-21-5-3-17(26)12-18(21)25)24-20(29)13-23(32-24)19-4-2-16(14-28-19)15-30-10-7-27-8-11-30/h2-6,12-14,27H,7-11,15,26H2,1H3. The van der Waals surface area contributed by atoms with E-state index in [-0.39, 0.29) is 5.75 Å². The molecule has 2 aliphatic rings. The number of hydrogen-bond donors (Lipinski definition) is 2. The van der Waals surface area contributed by atoms with Crippen LogP contribution in [-0.4, -0.2) is 49.7 Å². The van der Waals surface area contributed by atoms with E-state index in [9.17, 15) is 4.39 Å². The van der Waals surface area contributed by atoms with Crippen molar-refractivity contribution in [2.24, 2.45) is 0 Å². The SMILES string of the molecule is CN1CC=C(Oc2ccc(N)cc2F)c2sc(-c3ccc(CN4CCNCC4)cn3)cc21. The van der Waals surface area contributed by atoms with Crippen LogP contribution >= 0.6 is 11.3 Å². The first-order valence-electron chi connectivity index (χ1n) is 10.7. The number of fused-ring (bicyclic) bond motifs is 1.